The highest BCUT2D eigenvalue weighted by atomic mass is 15.2. The number of nitrogens with two attached hydrogens (primary N) is 1. The molecule has 16 heavy (non-hydrogen) atoms. The Bertz CT molecular complexity index is 297. The van der Waals surface area contributed by atoms with Crippen molar-refractivity contribution in [3.05, 3.63) is 35.4 Å². The van der Waals surface area contributed by atoms with Crippen LogP contribution in [0.5, 0.6) is 0 Å². The number of aryl methyl sites for hydroxylation is 1. The van der Waals surface area contributed by atoms with Crippen molar-refractivity contribution >= 4 is 0 Å². The van der Waals surface area contributed by atoms with Gasteiger partial charge in [0.25, 0.3) is 0 Å². The quantitative estimate of drug-likeness (QED) is 0.421. The van der Waals surface area contributed by atoms with Crippen LogP contribution in [0.3, 0.4) is 0 Å². The van der Waals surface area contributed by atoms with E-state index in [-0.39, 0.29) is 0 Å². The molecule has 0 saturated carbocycles. The van der Waals surface area contributed by atoms with E-state index in [1.807, 2.05) is 0 Å². The Morgan fingerprint density at radius 1 is 1.25 bits per heavy atom. The fourth-order valence-corrected chi connectivity index (χ4v) is 1.99. The molecule has 0 aromatic heterocycles. The van der Waals surface area contributed by atoms with Crippen LogP contribution in [0.4, 0.5) is 0 Å². The third kappa shape index (κ3) is 4.33. The maximum absolute atomic E-state index is 5.60. The fraction of sp³-hybridized carbons (Fsp3) is 0.571. The Hall–Kier alpha value is -0.860. The second-order valence-corrected chi connectivity index (χ2v) is 4.49. The summed E-state index contributed by atoms with van der Waals surface area (Å²) >= 11 is 0. The van der Waals surface area contributed by atoms with Gasteiger partial charge in [-0.1, -0.05) is 50.5 Å². The summed E-state index contributed by atoms with van der Waals surface area (Å²) in [5.41, 5.74) is 5.70. The molecule has 0 aliphatic carbocycles. The average Bonchev–Trinajstić information content (AvgIpc) is 2.30. The van der Waals surface area contributed by atoms with Gasteiger partial charge >= 0.3 is 0 Å². The van der Waals surface area contributed by atoms with E-state index in [9.17, 15) is 0 Å². The Morgan fingerprint density at radius 2 is 2.00 bits per heavy atom. The summed E-state index contributed by atoms with van der Waals surface area (Å²) in [6.45, 7) is 4.39. The van der Waals surface area contributed by atoms with Crippen molar-refractivity contribution < 1.29 is 0 Å². The summed E-state index contributed by atoms with van der Waals surface area (Å²) < 4.78 is 0. The van der Waals surface area contributed by atoms with Gasteiger partial charge in [0, 0.05) is 6.04 Å². The van der Waals surface area contributed by atoms with Crippen LogP contribution in [-0.2, 0) is 6.42 Å². The number of hydrazine groups is 1. The molecule has 1 atom stereocenters. The second-order valence-electron chi connectivity index (χ2n) is 4.49. The molecule has 0 amide bonds. The Labute approximate surface area is 99.2 Å². The molecular weight excluding hydrogens is 196 g/mol. The van der Waals surface area contributed by atoms with Crippen LogP contribution in [0.25, 0.3) is 0 Å². The van der Waals surface area contributed by atoms with Crippen molar-refractivity contribution in [2.45, 2.75) is 52.0 Å². The van der Waals surface area contributed by atoms with Gasteiger partial charge in [-0.25, -0.2) is 0 Å². The van der Waals surface area contributed by atoms with Crippen LogP contribution in [0.1, 0.15) is 43.7 Å². The minimum atomic E-state index is 0.410. The molecule has 1 aromatic rings. The smallest absolute Gasteiger partial charge is 0.0251 e. The molecule has 0 spiro atoms. The van der Waals surface area contributed by atoms with Gasteiger partial charge in [-0.2, -0.15) is 0 Å². The van der Waals surface area contributed by atoms with E-state index < -0.39 is 0 Å². The maximum Gasteiger partial charge on any atom is 0.0251 e. The number of benzene rings is 1. The summed E-state index contributed by atoms with van der Waals surface area (Å²) in [4.78, 5) is 0. The lowest BCUT2D eigenvalue weighted by molar-refractivity contribution is 0.466. The van der Waals surface area contributed by atoms with Crippen molar-refractivity contribution in [3.8, 4) is 0 Å². The minimum Gasteiger partial charge on any atom is -0.271 e. The van der Waals surface area contributed by atoms with Crippen LogP contribution in [0.2, 0.25) is 0 Å². The minimum absolute atomic E-state index is 0.410. The van der Waals surface area contributed by atoms with Gasteiger partial charge in [-0.15, -0.1) is 0 Å². The van der Waals surface area contributed by atoms with Crippen LogP contribution in [0.15, 0.2) is 24.3 Å². The molecule has 90 valence electrons. The lowest BCUT2D eigenvalue weighted by atomic mass is 9.98. The molecule has 2 heteroatoms. The number of unbranched alkanes of at least 4 members (excludes halogenated alkanes) is 2. The standard InChI is InChI=1S/C14H24N2/c1-3-4-5-10-14(16-15)11-13-9-7-6-8-12(13)2/h6-9,14,16H,3-5,10-11,15H2,1-2H3. The van der Waals surface area contributed by atoms with Crippen LogP contribution >= 0.6 is 0 Å². The van der Waals surface area contributed by atoms with E-state index in [1.165, 1.54) is 36.8 Å². The molecule has 0 aliphatic heterocycles. The Morgan fingerprint density at radius 3 is 2.62 bits per heavy atom. The number of rotatable bonds is 7. The first-order valence-corrected chi connectivity index (χ1v) is 6.28. The van der Waals surface area contributed by atoms with Gasteiger partial charge in [-0.3, -0.25) is 11.3 Å². The van der Waals surface area contributed by atoms with E-state index >= 15 is 0 Å². The summed E-state index contributed by atoms with van der Waals surface area (Å²) in [6.07, 6.45) is 6.02. The summed E-state index contributed by atoms with van der Waals surface area (Å²) in [6, 6.07) is 8.95. The molecule has 0 radical (unpaired) electrons. The van der Waals surface area contributed by atoms with E-state index in [0.29, 0.717) is 6.04 Å². The zero-order chi connectivity index (χ0) is 11.8. The molecule has 0 heterocycles. The van der Waals surface area contributed by atoms with Crippen LogP contribution in [0, 0.1) is 6.92 Å². The Kier molecular flexibility index (Phi) is 6.12. The number of nitrogens with one attached hydrogen (secondary N) is 1. The highest BCUT2D eigenvalue weighted by molar-refractivity contribution is 5.26. The van der Waals surface area contributed by atoms with Gasteiger partial charge in [0.15, 0.2) is 0 Å². The summed E-state index contributed by atoms with van der Waals surface area (Å²) in [5, 5.41) is 0. The molecule has 0 saturated heterocycles. The predicted octanol–water partition coefficient (Wildman–Crippen LogP) is 2.95. The third-order valence-corrected chi connectivity index (χ3v) is 3.12. The Balaban J connectivity index is 2.46. The van der Waals surface area contributed by atoms with Gasteiger partial charge in [-0.05, 0) is 30.9 Å². The molecule has 1 aromatic carbocycles. The number of hydrogen-bond donors (Lipinski definition) is 2. The van der Waals surface area contributed by atoms with Gasteiger partial charge in [0.2, 0.25) is 0 Å². The molecule has 2 nitrogen and oxygen atoms in total. The highest BCUT2D eigenvalue weighted by Crippen LogP contribution is 2.13. The predicted molar refractivity (Wildman–Crippen MR) is 70.1 cm³/mol. The first-order chi connectivity index (χ1) is 7.77. The van der Waals surface area contributed by atoms with Crippen LogP contribution in [-0.4, -0.2) is 6.04 Å². The third-order valence-electron chi connectivity index (χ3n) is 3.12. The van der Waals surface area contributed by atoms with Crippen molar-refractivity contribution in [2.75, 3.05) is 0 Å². The van der Waals surface area contributed by atoms with Crippen LogP contribution < -0.4 is 11.3 Å². The molecule has 1 unspecified atom stereocenters. The lowest BCUT2D eigenvalue weighted by Gasteiger charge is -2.16. The molecule has 3 N–H and O–H groups in total. The highest BCUT2D eigenvalue weighted by Gasteiger charge is 2.08. The second kappa shape index (κ2) is 7.42. The molecule has 1 rings (SSSR count). The van der Waals surface area contributed by atoms with Crippen molar-refractivity contribution in [2.24, 2.45) is 5.84 Å². The molecule has 0 fully saturated rings. The molecular formula is C14H24N2. The van der Waals surface area contributed by atoms with Crippen molar-refractivity contribution in [3.63, 3.8) is 0 Å². The van der Waals surface area contributed by atoms with Crippen molar-refractivity contribution in [1.82, 2.24) is 5.43 Å². The summed E-state index contributed by atoms with van der Waals surface area (Å²) in [5.74, 6) is 5.60. The number of hydrogen-bond acceptors (Lipinski definition) is 2. The van der Waals surface area contributed by atoms with E-state index in [4.69, 9.17) is 5.84 Å². The topological polar surface area (TPSA) is 38.0 Å². The summed E-state index contributed by atoms with van der Waals surface area (Å²) in [7, 11) is 0. The van der Waals surface area contributed by atoms with E-state index in [0.717, 1.165) is 6.42 Å². The molecule has 0 aliphatic rings. The SMILES string of the molecule is CCCCCC(Cc1ccccc1C)NN. The molecule has 0 bridgehead atoms. The average molecular weight is 220 g/mol. The monoisotopic (exact) mass is 220 g/mol. The lowest BCUT2D eigenvalue weighted by Crippen LogP contribution is -2.36. The normalized spacial score (nSPS) is 12.7. The zero-order valence-electron chi connectivity index (χ0n) is 10.5. The first kappa shape index (κ1) is 13.2. The zero-order valence-corrected chi connectivity index (χ0v) is 10.5. The van der Waals surface area contributed by atoms with Gasteiger partial charge in [0.1, 0.15) is 0 Å². The van der Waals surface area contributed by atoms with Gasteiger partial charge < -0.3 is 0 Å². The largest absolute Gasteiger partial charge is 0.271 e. The van der Waals surface area contributed by atoms with Gasteiger partial charge in [0.05, 0.1) is 0 Å². The maximum atomic E-state index is 5.60. The fourth-order valence-electron chi connectivity index (χ4n) is 1.99. The first-order valence-electron chi connectivity index (χ1n) is 6.28. The van der Waals surface area contributed by atoms with E-state index in [2.05, 4.69) is 43.5 Å². The van der Waals surface area contributed by atoms with E-state index in [1.54, 1.807) is 0 Å². The van der Waals surface area contributed by atoms with Crippen molar-refractivity contribution in [1.29, 1.82) is 0 Å².